The first-order valence-electron chi connectivity index (χ1n) is 7.14. The summed E-state index contributed by atoms with van der Waals surface area (Å²) in [5.74, 6) is 1.38. The maximum absolute atomic E-state index is 12.5. The Morgan fingerprint density at radius 1 is 1.29 bits per heavy atom. The highest BCUT2D eigenvalue weighted by atomic mass is 32.2. The fourth-order valence-electron chi connectivity index (χ4n) is 2.82. The fraction of sp³-hybridized carbons (Fsp3) is 0.692. The van der Waals surface area contributed by atoms with Crippen molar-refractivity contribution in [3.63, 3.8) is 0 Å². The number of rotatable bonds is 3. The number of carbonyl (C=O) groups is 2. The second-order valence-electron chi connectivity index (χ2n) is 5.42. The number of amides is 2. The molecule has 2 amide bonds. The SMILES string of the molecule is Cc1nnc(NC(=O)[C@H]2CSCN2C(=O)C2CCCC2)s1. The maximum atomic E-state index is 12.5. The van der Waals surface area contributed by atoms with Crippen LogP contribution < -0.4 is 5.32 Å². The Morgan fingerprint density at radius 2 is 2.05 bits per heavy atom. The highest BCUT2D eigenvalue weighted by Crippen LogP contribution is 2.31. The zero-order valence-corrected chi connectivity index (χ0v) is 13.5. The minimum atomic E-state index is -0.382. The molecular weight excluding hydrogens is 308 g/mol. The predicted octanol–water partition coefficient (Wildman–Crippen LogP) is 1.88. The van der Waals surface area contributed by atoms with Gasteiger partial charge in [0.2, 0.25) is 16.9 Å². The van der Waals surface area contributed by atoms with Gasteiger partial charge in [0.1, 0.15) is 11.0 Å². The molecule has 1 saturated heterocycles. The quantitative estimate of drug-likeness (QED) is 0.918. The van der Waals surface area contributed by atoms with Crippen molar-refractivity contribution in [1.29, 1.82) is 0 Å². The lowest BCUT2D eigenvalue weighted by Crippen LogP contribution is -2.46. The third-order valence-corrected chi connectivity index (χ3v) is 5.69. The van der Waals surface area contributed by atoms with E-state index in [-0.39, 0.29) is 23.8 Å². The molecule has 0 aromatic carbocycles. The van der Waals surface area contributed by atoms with Crippen LogP contribution in [0.1, 0.15) is 30.7 Å². The average molecular weight is 326 g/mol. The van der Waals surface area contributed by atoms with E-state index < -0.39 is 0 Å². The van der Waals surface area contributed by atoms with Gasteiger partial charge in [-0.05, 0) is 19.8 Å². The first-order valence-corrected chi connectivity index (χ1v) is 9.11. The van der Waals surface area contributed by atoms with Gasteiger partial charge in [-0.25, -0.2) is 0 Å². The maximum Gasteiger partial charge on any atom is 0.249 e. The van der Waals surface area contributed by atoms with Crippen LogP contribution in [0.3, 0.4) is 0 Å². The number of hydrogen-bond acceptors (Lipinski definition) is 6. The number of aromatic nitrogens is 2. The van der Waals surface area contributed by atoms with Gasteiger partial charge in [-0.2, -0.15) is 0 Å². The van der Waals surface area contributed by atoms with Crippen molar-refractivity contribution in [3.8, 4) is 0 Å². The van der Waals surface area contributed by atoms with Crippen LogP contribution in [0, 0.1) is 12.8 Å². The highest BCUT2D eigenvalue weighted by Gasteiger charge is 2.38. The number of anilines is 1. The molecule has 0 radical (unpaired) electrons. The summed E-state index contributed by atoms with van der Waals surface area (Å²) in [6.45, 7) is 1.84. The summed E-state index contributed by atoms with van der Waals surface area (Å²) in [7, 11) is 0. The van der Waals surface area contributed by atoms with Crippen molar-refractivity contribution >= 4 is 40.0 Å². The van der Waals surface area contributed by atoms with Crippen LogP contribution in [0.25, 0.3) is 0 Å². The van der Waals surface area contributed by atoms with Gasteiger partial charge in [0.25, 0.3) is 0 Å². The Kier molecular flexibility index (Phi) is 4.44. The molecule has 1 N–H and O–H groups in total. The van der Waals surface area contributed by atoms with Crippen molar-refractivity contribution in [2.24, 2.45) is 5.92 Å². The molecule has 0 unspecified atom stereocenters. The van der Waals surface area contributed by atoms with Gasteiger partial charge in [0, 0.05) is 11.7 Å². The van der Waals surface area contributed by atoms with Gasteiger partial charge >= 0.3 is 0 Å². The summed E-state index contributed by atoms with van der Waals surface area (Å²) in [5.41, 5.74) is 0. The van der Waals surface area contributed by atoms with Crippen LogP contribution in [-0.4, -0.2) is 44.6 Å². The number of aryl methyl sites for hydroxylation is 1. The fourth-order valence-corrected chi connectivity index (χ4v) is 4.58. The van der Waals surface area contributed by atoms with E-state index in [0.717, 1.165) is 30.7 Å². The van der Waals surface area contributed by atoms with Crippen LogP contribution in [0.4, 0.5) is 5.13 Å². The molecule has 1 aromatic rings. The number of carbonyl (C=O) groups excluding carboxylic acids is 2. The molecule has 21 heavy (non-hydrogen) atoms. The third-order valence-electron chi connectivity index (χ3n) is 3.93. The van der Waals surface area contributed by atoms with Crippen molar-refractivity contribution in [2.45, 2.75) is 38.6 Å². The topological polar surface area (TPSA) is 75.2 Å². The molecule has 2 heterocycles. The van der Waals surface area contributed by atoms with E-state index in [1.165, 1.54) is 11.3 Å². The number of nitrogens with zero attached hydrogens (tertiary/aromatic N) is 3. The summed E-state index contributed by atoms with van der Waals surface area (Å²) in [5, 5.41) is 11.9. The van der Waals surface area contributed by atoms with Crippen molar-refractivity contribution in [2.75, 3.05) is 16.9 Å². The molecular formula is C13H18N4O2S2. The molecule has 1 aliphatic heterocycles. The van der Waals surface area contributed by atoms with Crippen molar-refractivity contribution < 1.29 is 9.59 Å². The van der Waals surface area contributed by atoms with Crippen LogP contribution in [0.5, 0.6) is 0 Å². The molecule has 1 saturated carbocycles. The molecule has 6 nitrogen and oxygen atoms in total. The Morgan fingerprint density at radius 3 is 2.71 bits per heavy atom. The number of thioether (sulfide) groups is 1. The Labute approximate surface area is 131 Å². The lowest BCUT2D eigenvalue weighted by molar-refractivity contribution is -0.139. The lowest BCUT2D eigenvalue weighted by atomic mass is 10.1. The van der Waals surface area contributed by atoms with Crippen LogP contribution in [0.2, 0.25) is 0 Å². The molecule has 1 aliphatic carbocycles. The number of hydrogen-bond donors (Lipinski definition) is 1. The first kappa shape index (κ1) is 14.8. The van der Waals surface area contributed by atoms with Gasteiger partial charge in [-0.1, -0.05) is 24.2 Å². The van der Waals surface area contributed by atoms with Crippen molar-refractivity contribution in [3.05, 3.63) is 5.01 Å². The standard InChI is InChI=1S/C13H18N4O2S2/c1-8-15-16-13(21-8)14-11(18)10-6-20-7-17(10)12(19)9-4-2-3-5-9/h9-10H,2-7H2,1H3,(H,14,16,18)/t10-/m1/s1. The summed E-state index contributed by atoms with van der Waals surface area (Å²) in [6.07, 6.45) is 4.17. The van der Waals surface area contributed by atoms with Crippen LogP contribution >= 0.6 is 23.1 Å². The first-order chi connectivity index (χ1) is 10.1. The summed E-state index contributed by atoms with van der Waals surface area (Å²) in [4.78, 5) is 26.6. The smallest absolute Gasteiger partial charge is 0.249 e. The average Bonchev–Trinajstić information content (AvgIpc) is 3.19. The van der Waals surface area contributed by atoms with E-state index in [0.29, 0.717) is 16.8 Å². The van der Waals surface area contributed by atoms with Gasteiger partial charge in [0.05, 0.1) is 5.88 Å². The van der Waals surface area contributed by atoms with E-state index in [2.05, 4.69) is 15.5 Å². The van der Waals surface area contributed by atoms with E-state index in [4.69, 9.17) is 0 Å². The summed E-state index contributed by atoms with van der Waals surface area (Å²) < 4.78 is 0. The minimum Gasteiger partial charge on any atom is -0.320 e. The van der Waals surface area contributed by atoms with E-state index >= 15 is 0 Å². The van der Waals surface area contributed by atoms with Gasteiger partial charge < -0.3 is 4.90 Å². The third kappa shape index (κ3) is 3.21. The molecule has 0 spiro atoms. The van der Waals surface area contributed by atoms with E-state index in [9.17, 15) is 9.59 Å². The van der Waals surface area contributed by atoms with Crippen molar-refractivity contribution in [1.82, 2.24) is 15.1 Å². The summed E-state index contributed by atoms with van der Waals surface area (Å²) >= 11 is 2.98. The molecule has 114 valence electrons. The number of nitrogens with one attached hydrogen (secondary N) is 1. The molecule has 0 bridgehead atoms. The van der Waals surface area contributed by atoms with Crippen LogP contribution in [-0.2, 0) is 9.59 Å². The Balaban J connectivity index is 1.65. The molecule has 2 fully saturated rings. The highest BCUT2D eigenvalue weighted by molar-refractivity contribution is 7.99. The molecule has 1 aromatic heterocycles. The largest absolute Gasteiger partial charge is 0.320 e. The van der Waals surface area contributed by atoms with E-state index in [1.54, 1.807) is 16.7 Å². The van der Waals surface area contributed by atoms with Gasteiger partial charge in [-0.3, -0.25) is 14.9 Å². The minimum absolute atomic E-state index is 0.114. The lowest BCUT2D eigenvalue weighted by Gasteiger charge is -2.25. The summed E-state index contributed by atoms with van der Waals surface area (Å²) in [6, 6.07) is -0.382. The second-order valence-corrected chi connectivity index (χ2v) is 7.60. The molecule has 2 aliphatic rings. The normalized spacial score (nSPS) is 22.7. The molecule has 8 heteroatoms. The predicted molar refractivity (Wildman–Crippen MR) is 83.2 cm³/mol. The van der Waals surface area contributed by atoms with Gasteiger partial charge in [0.15, 0.2) is 0 Å². The Bertz CT molecular complexity index is 542. The van der Waals surface area contributed by atoms with Crippen LogP contribution in [0.15, 0.2) is 0 Å². The molecule has 1 atom stereocenters. The Hall–Kier alpha value is -1.15. The zero-order chi connectivity index (χ0) is 14.8. The zero-order valence-electron chi connectivity index (χ0n) is 11.9. The monoisotopic (exact) mass is 326 g/mol. The molecule has 3 rings (SSSR count). The van der Waals surface area contributed by atoms with E-state index in [1.807, 2.05) is 6.92 Å². The van der Waals surface area contributed by atoms with Gasteiger partial charge in [-0.15, -0.1) is 22.0 Å². The second kappa shape index (κ2) is 6.31.